The van der Waals surface area contributed by atoms with Crippen LogP contribution in [-0.4, -0.2) is 49.2 Å². The maximum atomic E-state index is 12.1. The van der Waals surface area contributed by atoms with E-state index in [4.69, 9.17) is 4.74 Å². The Labute approximate surface area is 122 Å². The van der Waals surface area contributed by atoms with Crippen molar-refractivity contribution in [3.05, 3.63) is 35.4 Å². The predicted molar refractivity (Wildman–Crippen MR) is 75.2 cm³/mol. The highest BCUT2D eigenvalue weighted by atomic mass is 16.5. The Morgan fingerprint density at radius 2 is 1.81 bits per heavy atom. The van der Waals surface area contributed by atoms with Crippen LogP contribution in [0.3, 0.4) is 0 Å². The number of hydrogen-bond acceptors (Lipinski definition) is 4. The summed E-state index contributed by atoms with van der Waals surface area (Å²) in [4.78, 5) is 34.9. The van der Waals surface area contributed by atoms with Gasteiger partial charge in [-0.2, -0.15) is 0 Å². The first-order valence-electron chi connectivity index (χ1n) is 6.21. The van der Waals surface area contributed by atoms with Gasteiger partial charge in [-0.15, -0.1) is 0 Å². The molecule has 2 amide bonds. The molecule has 114 valence electrons. The van der Waals surface area contributed by atoms with E-state index in [-0.39, 0.29) is 18.1 Å². The molecule has 0 bridgehead atoms. The first-order chi connectivity index (χ1) is 9.84. The minimum Gasteiger partial charge on any atom is -0.479 e. The number of nitrogens with one attached hydrogen (secondary N) is 2. The number of carbonyl (C=O) groups excluding carboxylic acids is 2. The quantitative estimate of drug-likeness (QED) is 0.698. The van der Waals surface area contributed by atoms with Crippen molar-refractivity contribution in [3.8, 4) is 0 Å². The van der Waals surface area contributed by atoms with Crippen LogP contribution in [0.4, 0.5) is 0 Å². The number of benzene rings is 1. The van der Waals surface area contributed by atoms with Crippen LogP contribution in [0.25, 0.3) is 0 Å². The van der Waals surface area contributed by atoms with Crippen molar-refractivity contribution in [2.45, 2.75) is 12.5 Å². The molecular formula is C14H18N2O5. The van der Waals surface area contributed by atoms with E-state index >= 15 is 0 Å². The van der Waals surface area contributed by atoms with Crippen LogP contribution < -0.4 is 10.6 Å². The maximum absolute atomic E-state index is 12.1. The highest BCUT2D eigenvalue weighted by Gasteiger charge is 2.35. The number of aliphatic carboxylic acids is 1. The molecule has 1 aromatic carbocycles. The number of ether oxygens (including phenoxy) is 1. The Balaban J connectivity index is 2.98. The molecule has 0 aromatic heterocycles. The van der Waals surface area contributed by atoms with Gasteiger partial charge < -0.3 is 20.5 Å². The minimum atomic E-state index is -1.55. The Kier molecular flexibility index (Phi) is 5.43. The molecular weight excluding hydrogens is 276 g/mol. The molecule has 0 aliphatic carbocycles. The lowest BCUT2D eigenvalue weighted by Gasteiger charge is -2.25. The van der Waals surface area contributed by atoms with Gasteiger partial charge in [-0.1, -0.05) is 6.07 Å². The summed E-state index contributed by atoms with van der Waals surface area (Å²) in [6.07, 6.45) is 0. The van der Waals surface area contributed by atoms with Gasteiger partial charge in [0.05, 0.1) is 6.61 Å². The highest BCUT2D eigenvalue weighted by molar-refractivity contribution is 6.01. The minimum absolute atomic E-state index is 0.177. The topological polar surface area (TPSA) is 105 Å². The molecule has 0 fully saturated rings. The molecule has 7 nitrogen and oxygen atoms in total. The smallest absolute Gasteiger partial charge is 0.331 e. The van der Waals surface area contributed by atoms with Crippen LogP contribution in [0, 0.1) is 0 Å². The molecule has 1 rings (SSSR count). The summed E-state index contributed by atoms with van der Waals surface area (Å²) in [5.41, 5.74) is -1.04. The monoisotopic (exact) mass is 294 g/mol. The summed E-state index contributed by atoms with van der Waals surface area (Å²) in [7, 11) is 2.83. The first-order valence-corrected chi connectivity index (χ1v) is 6.21. The molecule has 0 radical (unpaired) electrons. The van der Waals surface area contributed by atoms with Gasteiger partial charge in [0.25, 0.3) is 11.8 Å². The lowest BCUT2D eigenvalue weighted by Crippen LogP contribution is -2.55. The van der Waals surface area contributed by atoms with Gasteiger partial charge in [0.15, 0.2) is 5.54 Å². The van der Waals surface area contributed by atoms with Crippen molar-refractivity contribution in [2.75, 3.05) is 20.8 Å². The molecule has 0 aliphatic rings. The number of amides is 2. The fraction of sp³-hybridized carbons (Fsp3) is 0.357. The van der Waals surface area contributed by atoms with E-state index in [0.717, 1.165) is 0 Å². The van der Waals surface area contributed by atoms with Crippen LogP contribution in [0.5, 0.6) is 0 Å². The molecule has 0 spiro atoms. The van der Waals surface area contributed by atoms with Crippen LogP contribution in [0.2, 0.25) is 0 Å². The van der Waals surface area contributed by atoms with Crippen molar-refractivity contribution in [3.63, 3.8) is 0 Å². The van der Waals surface area contributed by atoms with E-state index < -0.39 is 17.4 Å². The molecule has 1 atom stereocenters. The van der Waals surface area contributed by atoms with Crippen LogP contribution >= 0.6 is 0 Å². The summed E-state index contributed by atoms with van der Waals surface area (Å²) in [6, 6.07) is 6.00. The lowest BCUT2D eigenvalue weighted by atomic mass is 10.0. The third kappa shape index (κ3) is 4.03. The van der Waals surface area contributed by atoms with E-state index in [9.17, 15) is 19.5 Å². The molecule has 3 N–H and O–H groups in total. The standard InChI is InChI=1S/C14H18N2O5/c1-14(8-21-3,13(19)20)16-12(18)10-6-4-5-9(7-10)11(17)15-2/h4-7H,8H2,1-3H3,(H,15,17)(H,16,18)(H,19,20). The van der Waals surface area contributed by atoms with Crippen molar-refractivity contribution >= 4 is 17.8 Å². The normalized spacial score (nSPS) is 13.1. The van der Waals surface area contributed by atoms with Crippen molar-refractivity contribution in [1.29, 1.82) is 0 Å². The van der Waals surface area contributed by atoms with Gasteiger partial charge >= 0.3 is 5.97 Å². The number of carboxylic acid groups (broad SMARTS) is 1. The van der Waals surface area contributed by atoms with Crippen molar-refractivity contribution in [2.24, 2.45) is 0 Å². The van der Waals surface area contributed by atoms with Crippen LogP contribution in [0.15, 0.2) is 24.3 Å². The zero-order valence-electron chi connectivity index (χ0n) is 12.1. The van der Waals surface area contributed by atoms with E-state index in [1.807, 2.05) is 0 Å². The maximum Gasteiger partial charge on any atom is 0.331 e. The largest absolute Gasteiger partial charge is 0.479 e. The van der Waals surface area contributed by atoms with Gasteiger partial charge in [-0.25, -0.2) is 4.79 Å². The molecule has 0 saturated heterocycles. The first kappa shape index (κ1) is 16.6. The number of rotatable bonds is 6. The summed E-state index contributed by atoms with van der Waals surface area (Å²) in [5.74, 6) is -2.13. The predicted octanol–water partition coefficient (Wildman–Crippen LogP) is 0.266. The lowest BCUT2D eigenvalue weighted by molar-refractivity contribution is -0.145. The van der Waals surface area contributed by atoms with Crippen LogP contribution in [-0.2, 0) is 9.53 Å². The Morgan fingerprint density at radius 3 is 2.29 bits per heavy atom. The Bertz CT molecular complexity index is 558. The highest BCUT2D eigenvalue weighted by Crippen LogP contribution is 2.10. The number of methoxy groups -OCH3 is 1. The van der Waals surface area contributed by atoms with Crippen LogP contribution in [0.1, 0.15) is 27.6 Å². The van der Waals surface area contributed by atoms with Gasteiger partial charge in [0.2, 0.25) is 0 Å². The second kappa shape index (κ2) is 6.85. The zero-order chi connectivity index (χ0) is 16.0. The van der Waals surface area contributed by atoms with E-state index in [1.165, 1.54) is 33.2 Å². The second-order valence-corrected chi connectivity index (χ2v) is 4.68. The molecule has 0 saturated carbocycles. The van der Waals surface area contributed by atoms with Crippen molar-refractivity contribution < 1.29 is 24.2 Å². The zero-order valence-corrected chi connectivity index (χ0v) is 12.1. The van der Waals surface area contributed by atoms with Gasteiger partial charge in [0, 0.05) is 25.3 Å². The summed E-state index contributed by atoms with van der Waals surface area (Å²) < 4.78 is 4.82. The SMILES string of the molecule is CNC(=O)c1cccc(C(=O)NC(C)(COC)C(=O)O)c1. The number of carbonyl (C=O) groups is 3. The Morgan fingerprint density at radius 1 is 1.24 bits per heavy atom. The third-order valence-corrected chi connectivity index (χ3v) is 2.91. The Hall–Kier alpha value is -2.41. The average molecular weight is 294 g/mol. The molecule has 21 heavy (non-hydrogen) atoms. The van der Waals surface area contributed by atoms with Gasteiger partial charge in [-0.3, -0.25) is 9.59 Å². The molecule has 1 unspecified atom stereocenters. The molecule has 1 aromatic rings. The molecule has 0 heterocycles. The average Bonchev–Trinajstić information content (AvgIpc) is 2.46. The number of carboxylic acids is 1. The van der Waals surface area contributed by atoms with E-state index in [0.29, 0.717) is 5.56 Å². The van der Waals surface area contributed by atoms with E-state index in [2.05, 4.69) is 10.6 Å². The fourth-order valence-electron chi connectivity index (χ4n) is 1.71. The fourth-order valence-corrected chi connectivity index (χ4v) is 1.71. The van der Waals surface area contributed by atoms with E-state index in [1.54, 1.807) is 12.1 Å². The third-order valence-electron chi connectivity index (χ3n) is 2.91. The summed E-state index contributed by atoms with van der Waals surface area (Å²) in [6.45, 7) is 1.17. The molecule has 0 aliphatic heterocycles. The van der Waals surface area contributed by atoms with Gasteiger partial charge in [-0.05, 0) is 25.1 Å². The summed E-state index contributed by atoms with van der Waals surface area (Å²) >= 11 is 0. The number of hydrogen-bond donors (Lipinski definition) is 3. The van der Waals surface area contributed by atoms with Crippen molar-refractivity contribution in [1.82, 2.24) is 10.6 Å². The molecule has 7 heteroatoms. The van der Waals surface area contributed by atoms with Gasteiger partial charge in [0.1, 0.15) is 0 Å². The second-order valence-electron chi connectivity index (χ2n) is 4.68. The summed E-state index contributed by atoms with van der Waals surface area (Å²) in [5, 5.41) is 14.0.